The predicted molar refractivity (Wildman–Crippen MR) is 86.3 cm³/mol. The van der Waals surface area contributed by atoms with E-state index in [9.17, 15) is 9.18 Å². The zero-order valence-electron chi connectivity index (χ0n) is 12.7. The quantitative estimate of drug-likeness (QED) is 0.924. The van der Waals surface area contributed by atoms with Crippen LogP contribution in [0.15, 0.2) is 23.1 Å². The van der Waals surface area contributed by atoms with Crippen LogP contribution >= 0.6 is 0 Å². The zero-order chi connectivity index (χ0) is 15.3. The van der Waals surface area contributed by atoms with Crippen LogP contribution in [0.4, 0.5) is 10.1 Å². The molecule has 0 unspecified atom stereocenters. The molecule has 1 N–H and O–H groups in total. The number of rotatable bonds is 2. The molecule has 2 aliphatic rings. The molecule has 0 atom stereocenters. The number of anilines is 1. The second-order valence-electron chi connectivity index (χ2n) is 6.34. The lowest BCUT2D eigenvalue weighted by atomic mass is 10.1. The van der Waals surface area contributed by atoms with Crippen LogP contribution in [0, 0.1) is 12.7 Å². The highest BCUT2D eigenvalue weighted by atomic mass is 19.1. The van der Waals surface area contributed by atoms with E-state index in [4.69, 9.17) is 0 Å². The van der Waals surface area contributed by atoms with Crippen LogP contribution in [0.1, 0.15) is 24.4 Å². The fraction of sp³-hybridized carbons (Fsp3) is 0.471. The predicted octanol–water partition coefficient (Wildman–Crippen LogP) is 2.19. The van der Waals surface area contributed by atoms with Gasteiger partial charge >= 0.3 is 0 Å². The highest BCUT2D eigenvalue weighted by Gasteiger charge is 2.26. The van der Waals surface area contributed by atoms with Crippen LogP contribution in [0.2, 0.25) is 0 Å². The van der Waals surface area contributed by atoms with E-state index in [-0.39, 0.29) is 11.2 Å². The van der Waals surface area contributed by atoms with E-state index in [0.717, 1.165) is 44.5 Å². The van der Waals surface area contributed by atoms with Crippen LogP contribution in [0.25, 0.3) is 10.9 Å². The Hall–Kier alpha value is -1.88. The van der Waals surface area contributed by atoms with E-state index in [1.165, 1.54) is 6.07 Å². The molecule has 4 rings (SSSR count). The molecule has 1 aliphatic heterocycles. The second-order valence-corrected chi connectivity index (χ2v) is 6.34. The molecule has 22 heavy (non-hydrogen) atoms. The first-order valence-corrected chi connectivity index (χ1v) is 7.96. The summed E-state index contributed by atoms with van der Waals surface area (Å²) in [6.45, 7) is 5.12. The number of hydrogen-bond acceptors (Lipinski definition) is 3. The molecule has 1 saturated carbocycles. The van der Waals surface area contributed by atoms with Crippen molar-refractivity contribution in [3.05, 3.63) is 39.9 Å². The van der Waals surface area contributed by atoms with E-state index < -0.39 is 0 Å². The second kappa shape index (κ2) is 5.09. The normalized spacial score (nSPS) is 18.9. The van der Waals surface area contributed by atoms with Crippen LogP contribution in [0.3, 0.4) is 0 Å². The maximum absolute atomic E-state index is 14.6. The highest BCUT2D eigenvalue weighted by Crippen LogP contribution is 2.38. The SMILES string of the molecule is Cc1cn(C2CC2)c2cc(N3CCNCC3)c(F)cc2c1=O. The van der Waals surface area contributed by atoms with E-state index in [2.05, 4.69) is 14.8 Å². The third kappa shape index (κ3) is 2.20. The van der Waals surface area contributed by atoms with Crippen molar-refractivity contribution < 1.29 is 4.39 Å². The van der Waals surface area contributed by atoms with Gasteiger partial charge in [0, 0.05) is 49.4 Å². The number of fused-ring (bicyclic) bond motifs is 1. The van der Waals surface area contributed by atoms with Gasteiger partial charge < -0.3 is 14.8 Å². The number of nitrogens with zero attached hydrogens (tertiary/aromatic N) is 2. The van der Waals surface area contributed by atoms with Crippen molar-refractivity contribution in [1.29, 1.82) is 0 Å². The van der Waals surface area contributed by atoms with Gasteiger partial charge in [-0.1, -0.05) is 0 Å². The molecule has 4 nitrogen and oxygen atoms in total. The lowest BCUT2D eigenvalue weighted by Crippen LogP contribution is -2.43. The first-order chi connectivity index (χ1) is 10.6. The molecule has 0 radical (unpaired) electrons. The minimum absolute atomic E-state index is 0.0577. The molecule has 2 aromatic rings. The van der Waals surface area contributed by atoms with Crippen molar-refractivity contribution in [2.24, 2.45) is 0 Å². The molecule has 1 aromatic carbocycles. The summed E-state index contributed by atoms with van der Waals surface area (Å²) < 4.78 is 16.7. The van der Waals surface area contributed by atoms with Gasteiger partial charge in [0.15, 0.2) is 5.43 Å². The minimum atomic E-state index is -0.292. The third-order valence-corrected chi connectivity index (χ3v) is 4.68. The monoisotopic (exact) mass is 301 g/mol. The lowest BCUT2D eigenvalue weighted by molar-refractivity contribution is 0.567. The van der Waals surface area contributed by atoms with Gasteiger partial charge in [0.2, 0.25) is 0 Å². The first-order valence-electron chi connectivity index (χ1n) is 7.96. The highest BCUT2D eigenvalue weighted by molar-refractivity contribution is 5.84. The summed E-state index contributed by atoms with van der Waals surface area (Å²) in [5, 5.41) is 3.78. The standard InChI is InChI=1S/C17H20FN3O/c1-11-10-21(12-2-3-12)15-9-16(20-6-4-19-5-7-20)14(18)8-13(15)17(11)22/h8-10,12,19H,2-7H2,1H3. The fourth-order valence-electron chi connectivity index (χ4n) is 3.30. The van der Waals surface area contributed by atoms with Gasteiger partial charge in [0.25, 0.3) is 0 Å². The van der Waals surface area contributed by atoms with Gasteiger partial charge in [0.05, 0.1) is 11.2 Å². The number of aryl methyl sites for hydroxylation is 1. The molecule has 2 fully saturated rings. The molecule has 0 amide bonds. The van der Waals surface area contributed by atoms with Crippen LogP contribution in [0.5, 0.6) is 0 Å². The number of nitrogens with one attached hydrogen (secondary N) is 1. The summed E-state index contributed by atoms with van der Waals surface area (Å²) in [6, 6.07) is 3.76. The van der Waals surface area contributed by atoms with Crippen LogP contribution < -0.4 is 15.6 Å². The average molecular weight is 301 g/mol. The topological polar surface area (TPSA) is 37.3 Å². The van der Waals surface area contributed by atoms with Gasteiger partial charge in [-0.15, -0.1) is 0 Å². The third-order valence-electron chi connectivity index (χ3n) is 4.68. The van der Waals surface area contributed by atoms with Crippen molar-refractivity contribution in [2.75, 3.05) is 31.1 Å². The minimum Gasteiger partial charge on any atom is -0.367 e. The Morgan fingerprint density at radius 2 is 1.95 bits per heavy atom. The maximum Gasteiger partial charge on any atom is 0.192 e. The molecule has 0 spiro atoms. The Morgan fingerprint density at radius 1 is 1.23 bits per heavy atom. The van der Waals surface area contributed by atoms with Crippen molar-refractivity contribution in [3.63, 3.8) is 0 Å². The summed E-state index contributed by atoms with van der Waals surface area (Å²) in [6.07, 6.45) is 4.21. The summed E-state index contributed by atoms with van der Waals surface area (Å²) >= 11 is 0. The van der Waals surface area contributed by atoms with Crippen molar-refractivity contribution >= 4 is 16.6 Å². The Labute approximate surface area is 128 Å². The van der Waals surface area contributed by atoms with Crippen molar-refractivity contribution in [1.82, 2.24) is 9.88 Å². The maximum atomic E-state index is 14.6. The average Bonchev–Trinajstić information content (AvgIpc) is 3.36. The number of piperazine rings is 1. The number of benzene rings is 1. The van der Waals surface area contributed by atoms with Crippen molar-refractivity contribution in [2.45, 2.75) is 25.8 Å². The van der Waals surface area contributed by atoms with E-state index >= 15 is 0 Å². The van der Waals surface area contributed by atoms with Gasteiger partial charge in [0.1, 0.15) is 5.82 Å². The molecule has 1 saturated heterocycles. The fourth-order valence-corrected chi connectivity index (χ4v) is 3.30. The van der Waals surface area contributed by atoms with Crippen LogP contribution in [-0.2, 0) is 0 Å². The summed E-state index contributed by atoms with van der Waals surface area (Å²) in [7, 11) is 0. The number of pyridine rings is 1. The molecule has 5 heteroatoms. The largest absolute Gasteiger partial charge is 0.367 e. The van der Waals surface area contributed by atoms with E-state index in [1.54, 1.807) is 0 Å². The lowest BCUT2D eigenvalue weighted by Gasteiger charge is -2.30. The van der Waals surface area contributed by atoms with Crippen molar-refractivity contribution in [3.8, 4) is 0 Å². The smallest absolute Gasteiger partial charge is 0.192 e. The summed E-state index contributed by atoms with van der Waals surface area (Å²) in [5.41, 5.74) is 2.12. The van der Waals surface area contributed by atoms with Crippen LogP contribution in [-0.4, -0.2) is 30.7 Å². The van der Waals surface area contributed by atoms with Gasteiger partial charge in [-0.05, 0) is 31.9 Å². The first kappa shape index (κ1) is 13.8. The van der Waals surface area contributed by atoms with E-state index in [1.807, 2.05) is 19.2 Å². The molecular formula is C17H20FN3O. The van der Waals surface area contributed by atoms with Gasteiger partial charge in [-0.2, -0.15) is 0 Å². The molecule has 1 aliphatic carbocycles. The Kier molecular flexibility index (Phi) is 3.18. The van der Waals surface area contributed by atoms with Gasteiger partial charge in [-0.25, -0.2) is 4.39 Å². The number of halogens is 1. The zero-order valence-corrected chi connectivity index (χ0v) is 12.7. The summed E-state index contributed by atoms with van der Waals surface area (Å²) in [5.74, 6) is -0.292. The molecule has 2 heterocycles. The molecule has 0 bridgehead atoms. The molecule has 1 aromatic heterocycles. The van der Waals surface area contributed by atoms with E-state index in [0.29, 0.717) is 22.7 Å². The number of aromatic nitrogens is 1. The Morgan fingerprint density at radius 3 is 2.64 bits per heavy atom. The molecule has 116 valence electrons. The Bertz CT molecular complexity index is 789. The summed E-state index contributed by atoms with van der Waals surface area (Å²) in [4.78, 5) is 14.4. The Balaban J connectivity index is 1.93. The van der Waals surface area contributed by atoms with Gasteiger partial charge in [-0.3, -0.25) is 4.79 Å². The number of hydrogen-bond donors (Lipinski definition) is 1. The molecular weight excluding hydrogens is 281 g/mol.